The number of aromatic amines is 1. The van der Waals surface area contributed by atoms with E-state index < -0.39 is 28.6 Å². The Morgan fingerprint density at radius 1 is 1.07 bits per heavy atom. The van der Waals surface area contributed by atoms with E-state index in [0.717, 1.165) is 12.8 Å². The summed E-state index contributed by atoms with van der Waals surface area (Å²) < 4.78 is 5.87. The van der Waals surface area contributed by atoms with E-state index in [-0.39, 0.29) is 18.0 Å². The normalized spacial score (nSPS) is 14.6. The Morgan fingerprint density at radius 2 is 1.72 bits per heavy atom. The van der Waals surface area contributed by atoms with Crippen LogP contribution in [-0.4, -0.2) is 33.7 Å². The first-order chi connectivity index (χ1) is 13.9. The van der Waals surface area contributed by atoms with Crippen LogP contribution in [0, 0.1) is 5.92 Å². The Hall–Kier alpha value is -3.13. The Labute approximate surface area is 167 Å². The quantitative estimate of drug-likeness (QED) is 0.559. The second kappa shape index (κ2) is 8.91. The SMILES string of the molecule is Nc1[nH]c(=O)c(C(=O)O)c(-c2ccccc2COCC2CCCCC2)c1C(=O)O. The number of ether oxygens (including phenoxy) is 1. The van der Waals surface area contributed by atoms with Gasteiger partial charge in [-0.1, -0.05) is 43.5 Å². The summed E-state index contributed by atoms with van der Waals surface area (Å²) in [7, 11) is 0. The molecule has 0 aliphatic heterocycles. The van der Waals surface area contributed by atoms with Crippen LogP contribution in [0.5, 0.6) is 0 Å². The monoisotopic (exact) mass is 400 g/mol. The molecular weight excluding hydrogens is 376 g/mol. The van der Waals surface area contributed by atoms with Gasteiger partial charge in [0.05, 0.1) is 6.61 Å². The summed E-state index contributed by atoms with van der Waals surface area (Å²) in [6.07, 6.45) is 5.89. The van der Waals surface area contributed by atoms with Crippen LogP contribution in [-0.2, 0) is 11.3 Å². The Kier molecular flexibility index (Phi) is 6.33. The number of rotatable bonds is 7. The molecule has 0 spiro atoms. The molecule has 1 saturated carbocycles. The van der Waals surface area contributed by atoms with Crippen LogP contribution in [0.15, 0.2) is 29.1 Å². The maximum Gasteiger partial charge on any atom is 0.342 e. The van der Waals surface area contributed by atoms with Gasteiger partial charge in [-0.2, -0.15) is 0 Å². The number of nitrogens with two attached hydrogens (primary N) is 1. The van der Waals surface area contributed by atoms with E-state index in [1.54, 1.807) is 24.3 Å². The van der Waals surface area contributed by atoms with Crippen LogP contribution in [0.25, 0.3) is 11.1 Å². The summed E-state index contributed by atoms with van der Waals surface area (Å²) in [6, 6.07) is 6.70. The van der Waals surface area contributed by atoms with Gasteiger partial charge in [0.25, 0.3) is 5.56 Å². The van der Waals surface area contributed by atoms with Crippen LogP contribution in [0.2, 0.25) is 0 Å². The number of pyridine rings is 1. The lowest BCUT2D eigenvalue weighted by atomic mass is 9.90. The van der Waals surface area contributed by atoms with Crippen LogP contribution < -0.4 is 11.3 Å². The predicted octanol–water partition coefficient (Wildman–Crippen LogP) is 3.12. The van der Waals surface area contributed by atoms with Crippen LogP contribution in [0.1, 0.15) is 58.4 Å². The topological polar surface area (TPSA) is 143 Å². The van der Waals surface area contributed by atoms with E-state index in [0.29, 0.717) is 23.7 Å². The van der Waals surface area contributed by atoms with E-state index in [1.807, 2.05) is 0 Å². The number of hydrogen-bond donors (Lipinski definition) is 4. The summed E-state index contributed by atoms with van der Waals surface area (Å²) in [5.41, 5.74) is 4.37. The molecule has 0 bridgehead atoms. The molecule has 3 rings (SSSR count). The highest BCUT2D eigenvalue weighted by Gasteiger charge is 2.27. The van der Waals surface area contributed by atoms with Crippen molar-refractivity contribution in [1.29, 1.82) is 0 Å². The van der Waals surface area contributed by atoms with Crippen molar-refractivity contribution in [3.63, 3.8) is 0 Å². The van der Waals surface area contributed by atoms with Crippen molar-refractivity contribution < 1.29 is 24.5 Å². The van der Waals surface area contributed by atoms with Crippen molar-refractivity contribution in [2.45, 2.75) is 38.7 Å². The number of H-pyrrole nitrogens is 1. The molecular formula is C21H24N2O6. The van der Waals surface area contributed by atoms with Gasteiger partial charge in [0.15, 0.2) is 0 Å². The Morgan fingerprint density at radius 3 is 2.38 bits per heavy atom. The molecule has 1 fully saturated rings. The molecule has 29 heavy (non-hydrogen) atoms. The predicted molar refractivity (Wildman–Crippen MR) is 107 cm³/mol. The van der Waals surface area contributed by atoms with E-state index in [9.17, 15) is 24.6 Å². The third-order valence-electron chi connectivity index (χ3n) is 5.29. The fourth-order valence-corrected chi connectivity index (χ4v) is 3.90. The minimum atomic E-state index is -1.53. The Bertz CT molecular complexity index is 976. The minimum absolute atomic E-state index is 0.178. The largest absolute Gasteiger partial charge is 0.478 e. The third kappa shape index (κ3) is 4.48. The highest BCUT2D eigenvalue weighted by Crippen LogP contribution is 2.32. The molecule has 1 heterocycles. The molecule has 1 aliphatic rings. The molecule has 2 aromatic rings. The smallest absolute Gasteiger partial charge is 0.342 e. The van der Waals surface area contributed by atoms with Crippen molar-refractivity contribution in [3.05, 3.63) is 51.3 Å². The van der Waals surface area contributed by atoms with Gasteiger partial charge in [0.1, 0.15) is 16.9 Å². The second-order valence-electron chi connectivity index (χ2n) is 7.28. The number of carboxylic acids is 2. The molecule has 1 aromatic carbocycles. The molecule has 1 aromatic heterocycles. The van der Waals surface area contributed by atoms with Gasteiger partial charge in [0, 0.05) is 12.2 Å². The molecule has 0 unspecified atom stereocenters. The van der Waals surface area contributed by atoms with Gasteiger partial charge in [-0.25, -0.2) is 9.59 Å². The average molecular weight is 400 g/mol. The fraction of sp³-hybridized carbons (Fsp3) is 0.381. The average Bonchev–Trinajstić information content (AvgIpc) is 2.68. The van der Waals surface area contributed by atoms with Crippen LogP contribution in [0.3, 0.4) is 0 Å². The van der Waals surface area contributed by atoms with Gasteiger partial charge in [0.2, 0.25) is 0 Å². The number of nitrogen functional groups attached to an aromatic ring is 1. The zero-order chi connectivity index (χ0) is 21.0. The van der Waals surface area contributed by atoms with Gasteiger partial charge in [-0.05, 0) is 29.9 Å². The molecule has 8 heteroatoms. The molecule has 0 saturated heterocycles. The number of aromatic nitrogens is 1. The number of anilines is 1. The highest BCUT2D eigenvalue weighted by molar-refractivity contribution is 6.07. The third-order valence-corrected chi connectivity index (χ3v) is 5.29. The van der Waals surface area contributed by atoms with E-state index >= 15 is 0 Å². The van der Waals surface area contributed by atoms with E-state index in [2.05, 4.69) is 4.98 Å². The molecule has 1 aliphatic carbocycles. The standard InChI is InChI=1S/C21H24N2O6/c22-18-16(20(25)26)15(17(21(27)28)19(24)23-18)14-9-5-4-8-13(14)11-29-10-12-6-2-1-3-7-12/h4-5,8-9,12H,1-3,6-7,10-11H2,(H,25,26)(H,27,28)(H3,22,23,24). The number of aromatic carboxylic acids is 2. The number of nitrogens with one attached hydrogen (secondary N) is 1. The van der Waals surface area contributed by atoms with Crippen molar-refractivity contribution in [3.8, 4) is 11.1 Å². The maximum absolute atomic E-state index is 12.2. The molecule has 5 N–H and O–H groups in total. The van der Waals surface area contributed by atoms with Crippen molar-refractivity contribution >= 4 is 17.8 Å². The van der Waals surface area contributed by atoms with E-state index in [4.69, 9.17) is 10.5 Å². The van der Waals surface area contributed by atoms with Gasteiger partial charge < -0.3 is 25.7 Å². The minimum Gasteiger partial charge on any atom is -0.478 e. The molecule has 0 radical (unpaired) electrons. The summed E-state index contributed by atoms with van der Waals surface area (Å²) in [6.45, 7) is 0.765. The molecule has 0 amide bonds. The van der Waals surface area contributed by atoms with Crippen molar-refractivity contribution in [1.82, 2.24) is 4.98 Å². The summed E-state index contributed by atoms with van der Waals surface area (Å²) >= 11 is 0. The first-order valence-electron chi connectivity index (χ1n) is 9.58. The lowest BCUT2D eigenvalue weighted by molar-refractivity contribution is 0.0695. The van der Waals surface area contributed by atoms with Crippen molar-refractivity contribution in [2.24, 2.45) is 5.92 Å². The Balaban J connectivity index is 2.01. The second-order valence-corrected chi connectivity index (χ2v) is 7.28. The van der Waals surface area contributed by atoms with Crippen LogP contribution >= 0.6 is 0 Å². The number of carbonyl (C=O) groups is 2. The summed E-state index contributed by atoms with van der Waals surface area (Å²) in [5.74, 6) is -2.84. The summed E-state index contributed by atoms with van der Waals surface area (Å²) in [4.78, 5) is 37.9. The number of carboxylic acid groups (broad SMARTS) is 2. The zero-order valence-electron chi connectivity index (χ0n) is 15.9. The first-order valence-corrected chi connectivity index (χ1v) is 9.58. The molecule has 154 valence electrons. The van der Waals surface area contributed by atoms with Gasteiger partial charge in [-0.3, -0.25) is 4.79 Å². The lowest BCUT2D eigenvalue weighted by Gasteiger charge is -2.22. The molecule has 8 nitrogen and oxygen atoms in total. The fourth-order valence-electron chi connectivity index (χ4n) is 3.90. The molecule has 0 atom stereocenters. The van der Waals surface area contributed by atoms with Gasteiger partial charge in [-0.15, -0.1) is 0 Å². The maximum atomic E-state index is 12.2. The zero-order valence-corrected chi connectivity index (χ0v) is 15.9. The number of benzene rings is 1. The summed E-state index contributed by atoms with van der Waals surface area (Å²) in [5, 5.41) is 19.2. The van der Waals surface area contributed by atoms with E-state index in [1.165, 1.54) is 19.3 Å². The highest BCUT2D eigenvalue weighted by atomic mass is 16.5. The number of hydrogen-bond acceptors (Lipinski definition) is 5. The first kappa shape index (κ1) is 20.6. The van der Waals surface area contributed by atoms with Crippen LogP contribution in [0.4, 0.5) is 5.82 Å². The van der Waals surface area contributed by atoms with Crippen molar-refractivity contribution in [2.75, 3.05) is 12.3 Å². The van der Waals surface area contributed by atoms with Gasteiger partial charge >= 0.3 is 11.9 Å². The lowest BCUT2D eigenvalue weighted by Crippen LogP contribution is -2.24.